The number of amides is 1. The van der Waals surface area contributed by atoms with Gasteiger partial charge in [-0.15, -0.1) is 0 Å². The molecule has 2 aromatic carbocycles. The average molecular weight is 374 g/mol. The third-order valence-electron chi connectivity index (χ3n) is 3.47. The van der Waals surface area contributed by atoms with Crippen LogP contribution >= 0.6 is 11.6 Å². The molecule has 1 radical (unpaired) electrons. The van der Waals surface area contributed by atoms with Crippen LogP contribution in [0.2, 0.25) is 5.02 Å². The van der Waals surface area contributed by atoms with Gasteiger partial charge in [0.25, 0.3) is 5.91 Å². The minimum absolute atomic E-state index is 0.0368. The summed E-state index contributed by atoms with van der Waals surface area (Å²) < 4.78 is 18.9. The van der Waals surface area contributed by atoms with E-state index in [4.69, 9.17) is 22.1 Å². The Bertz CT molecular complexity index is 981. The average Bonchev–Trinajstić information content (AvgIpc) is 2.62. The van der Waals surface area contributed by atoms with Crippen molar-refractivity contribution in [2.24, 2.45) is 5.73 Å². The SMILES string of the molecule is CCCOc1[c]cc2c(Nc3ccc(F)c(Cl)c3)nc(C(N)=O)nc2c1. The van der Waals surface area contributed by atoms with Gasteiger partial charge in [0.05, 0.1) is 17.1 Å². The summed E-state index contributed by atoms with van der Waals surface area (Å²) in [5, 5.41) is 3.56. The van der Waals surface area contributed by atoms with Crippen LogP contribution in [0.1, 0.15) is 24.0 Å². The zero-order valence-corrected chi connectivity index (χ0v) is 14.6. The van der Waals surface area contributed by atoms with E-state index in [2.05, 4.69) is 21.4 Å². The number of anilines is 2. The summed E-state index contributed by atoms with van der Waals surface area (Å²) in [7, 11) is 0. The number of nitrogens with two attached hydrogens (primary N) is 1. The van der Waals surface area contributed by atoms with Gasteiger partial charge in [-0.25, -0.2) is 14.4 Å². The van der Waals surface area contributed by atoms with Crippen molar-refractivity contribution in [2.75, 3.05) is 11.9 Å². The number of aromatic nitrogens is 2. The van der Waals surface area contributed by atoms with Crippen LogP contribution in [-0.4, -0.2) is 22.5 Å². The molecular weight excluding hydrogens is 359 g/mol. The third-order valence-corrected chi connectivity index (χ3v) is 3.76. The second kappa shape index (κ2) is 7.53. The number of nitrogens with one attached hydrogen (secondary N) is 1. The van der Waals surface area contributed by atoms with Gasteiger partial charge in [-0.05, 0) is 30.7 Å². The standard InChI is InChI=1S/C18H15ClFN4O2/c1-2-7-26-11-4-5-12-15(9-11)23-18(16(21)25)24-17(12)22-10-3-6-14(20)13(19)8-10/h3,5-6,8-9H,2,7H2,1H3,(H2,21,25)(H,22,23,24). The minimum atomic E-state index is -0.768. The van der Waals surface area contributed by atoms with E-state index in [1.807, 2.05) is 6.92 Å². The van der Waals surface area contributed by atoms with Crippen LogP contribution in [0.3, 0.4) is 0 Å². The van der Waals surface area contributed by atoms with Gasteiger partial charge >= 0.3 is 0 Å². The number of nitrogens with zero attached hydrogens (tertiary/aromatic N) is 2. The van der Waals surface area contributed by atoms with E-state index in [0.29, 0.717) is 34.8 Å². The first-order valence-corrected chi connectivity index (χ1v) is 8.24. The molecule has 0 aliphatic heterocycles. The molecule has 1 amide bonds. The lowest BCUT2D eigenvalue weighted by molar-refractivity contribution is 0.0991. The molecule has 1 aromatic heterocycles. The van der Waals surface area contributed by atoms with Gasteiger partial charge in [-0.3, -0.25) is 4.79 Å². The van der Waals surface area contributed by atoms with E-state index in [1.54, 1.807) is 12.1 Å². The molecule has 3 N–H and O–H groups in total. The minimum Gasteiger partial charge on any atom is -0.493 e. The predicted octanol–water partition coefficient (Wildman–Crippen LogP) is 3.85. The molecule has 0 bridgehead atoms. The number of fused-ring (bicyclic) bond motifs is 1. The lowest BCUT2D eigenvalue weighted by Crippen LogP contribution is -2.16. The van der Waals surface area contributed by atoms with Crippen LogP contribution in [0.4, 0.5) is 15.9 Å². The van der Waals surface area contributed by atoms with Gasteiger partial charge in [0, 0.05) is 23.2 Å². The third kappa shape index (κ3) is 3.83. The molecule has 0 aliphatic rings. The van der Waals surface area contributed by atoms with Gasteiger partial charge in [-0.2, -0.15) is 0 Å². The smallest absolute Gasteiger partial charge is 0.286 e. The second-order valence-corrected chi connectivity index (χ2v) is 5.87. The van der Waals surface area contributed by atoms with Crippen molar-refractivity contribution in [2.45, 2.75) is 13.3 Å². The molecule has 0 atom stereocenters. The molecule has 0 aliphatic carbocycles. The number of benzene rings is 2. The summed E-state index contributed by atoms with van der Waals surface area (Å²) in [5.74, 6) is -0.626. The summed E-state index contributed by atoms with van der Waals surface area (Å²) in [4.78, 5) is 19.9. The first kappa shape index (κ1) is 17.9. The van der Waals surface area contributed by atoms with Gasteiger partial charge < -0.3 is 15.8 Å². The number of primary amides is 1. The van der Waals surface area contributed by atoms with Crippen LogP contribution < -0.4 is 15.8 Å². The molecule has 0 saturated carbocycles. The highest BCUT2D eigenvalue weighted by Crippen LogP contribution is 2.28. The van der Waals surface area contributed by atoms with Gasteiger partial charge in [0.15, 0.2) is 0 Å². The number of ether oxygens (including phenoxy) is 1. The zero-order valence-electron chi connectivity index (χ0n) is 13.8. The summed E-state index contributed by atoms with van der Waals surface area (Å²) in [6, 6.07) is 10.4. The Morgan fingerprint density at radius 3 is 2.88 bits per heavy atom. The maximum atomic E-state index is 13.3. The molecule has 0 spiro atoms. The molecule has 0 unspecified atom stereocenters. The Balaban J connectivity index is 2.06. The van der Waals surface area contributed by atoms with Crippen molar-refractivity contribution < 1.29 is 13.9 Å². The highest BCUT2D eigenvalue weighted by Gasteiger charge is 2.13. The van der Waals surface area contributed by atoms with Crippen LogP contribution in [0.15, 0.2) is 30.3 Å². The molecule has 26 heavy (non-hydrogen) atoms. The van der Waals surface area contributed by atoms with Crippen molar-refractivity contribution >= 4 is 39.9 Å². The molecule has 6 nitrogen and oxygen atoms in total. The number of hydrogen-bond donors (Lipinski definition) is 2. The number of carbonyl (C=O) groups excluding carboxylic acids is 1. The van der Waals surface area contributed by atoms with E-state index in [0.717, 1.165) is 6.42 Å². The molecular formula is C18H15ClFN4O2. The fourth-order valence-corrected chi connectivity index (χ4v) is 2.44. The Kier molecular flexibility index (Phi) is 5.18. The Morgan fingerprint density at radius 2 is 2.19 bits per heavy atom. The molecule has 8 heteroatoms. The van der Waals surface area contributed by atoms with E-state index < -0.39 is 11.7 Å². The molecule has 3 rings (SSSR count). The summed E-state index contributed by atoms with van der Waals surface area (Å²) in [5.41, 5.74) is 6.29. The topological polar surface area (TPSA) is 90.1 Å². The normalized spacial score (nSPS) is 10.7. The number of halogens is 2. The molecule has 1 heterocycles. The Hall–Kier alpha value is -2.93. The number of carbonyl (C=O) groups is 1. The van der Waals surface area contributed by atoms with E-state index in [1.165, 1.54) is 18.2 Å². The van der Waals surface area contributed by atoms with E-state index >= 15 is 0 Å². The Morgan fingerprint density at radius 1 is 1.38 bits per heavy atom. The zero-order chi connectivity index (χ0) is 18.7. The van der Waals surface area contributed by atoms with Crippen molar-refractivity contribution in [3.63, 3.8) is 0 Å². The lowest BCUT2D eigenvalue weighted by Gasteiger charge is -2.11. The van der Waals surface area contributed by atoms with Crippen LogP contribution in [0.5, 0.6) is 5.75 Å². The van der Waals surface area contributed by atoms with Crippen molar-refractivity contribution in [1.29, 1.82) is 0 Å². The molecule has 133 valence electrons. The highest BCUT2D eigenvalue weighted by atomic mass is 35.5. The number of hydrogen-bond acceptors (Lipinski definition) is 5. The van der Waals surface area contributed by atoms with Crippen molar-refractivity contribution in [3.05, 3.63) is 53.1 Å². The molecule has 3 aromatic rings. The predicted molar refractivity (Wildman–Crippen MR) is 97.4 cm³/mol. The summed E-state index contributed by atoms with van der Waals surface area (Å²) in [6.45, 7) is 2.53. The second-order valence-electron chi connectivity index (χ2n) is 5.46. The quantitative estimate of drug-likeness (QED) is 0.684. The van der Waals surface area contributed by atoms with Crippen LogP contribution in [-0.2, 0) is 0 Å². The van der Waals surface area contributed by atoms with Gasteiger partial charge in [-0.1, -0.05) is 18.5 Å². The maximum absolute atomic E-state index is 13.3. The van der Waals surface area contributed by atoms with Crippen LogP contribution in [0, 0.1) is 11.9 Å². The van der Waals surface area contributed by atoms with Crippen molar-refractivity contribution in [1.82, 2.24) is 9.97 Å². The largest absolute Gasteiger partial charge is 0.493 e. The monoisotopic (exact) mass is 373 g/mol. The highest BCUT2D eigenvalue weighted by molar-refractivity contribution is 6.31. The molecule has 0 fully saturated rings. The van der Waals surface area contributed by atoms with Gasteiger partial charge in [0.2, 0.25) is 5.82 Å². The first-order valence-electron chi connectivity index (χ1n) is 7.86. The van der Waals surface area contributed by atoms with Gasteiger partial charge in [0.1, 0.15) is 17.4 Å². The lowest BCUT2D eigenvalue weighted by atomic mass is 10.2. The fourth-order valence-electron chi connectivity index (χ4n) is 2.26. The maximum Gasteiger partial charge on any atom is 0.286 e. The molecule has 0 saturated heterocycles. The number of rotatable bonds is 6. The Labute approximate surface area is 154 Å². The summed E-state index contributed by atoms with van der Waals surface area (Å²) >= 11 is 5.80. The van der Waals surface area contributed by atoms with E-state index in [9.17, 15) is 9.18 Å². The van der Waals surface area contributed by atoms with Crippen molar-refractivity contribution in [3.8, 4) is 5.75 Å². The van der Waals surface area contributed by atoms with Crippen LogP contribution in [0.25, 0.3) is 10.9 Å². The fraction of sp³-hybridized carbons (Fsp3) is 0.167. The summed E-state index contributed by atoms with van der Waals surface area (Å²) in [6.07, 6.45) is 0.848. The first-order chi connectivity index (χ1) is 12.5. The van der Waals surface area contributed by atoms with E-state index in [-0.39, 0.29) is 10.8 Å².